The summed E-state index contributed by atoms with van der Waals surface area (Å²) in [4.78, 5) is 10.4. The molecule has 1 heterocycles. The Hall–Kier alpha value is -3.14. The fraction of sp³-hybridized carbons (Fsp3) is 0.0476. The lowest BCUT2D eigenvalue weighted by molar-refractivity contribution is 0.684. The molecule has 0 spiro atoms. The summed E-state index contributed by atoms with van der Waals surface area (Å²) in [6.45, 7) is 1.97. The van der Waals surface area contributed by atoms with Crippen molar-refractivity contribution in [2.75, 3.05) is 10.0 Å². The number of anilines is 3. The van der Waals surface area contributed by atoms with Gasteiger partial charge < -0.3 is 5.32 Å². The van der Waals surface area contributed by atoms with Crippen LogP contribution in [0.5, 0.6) is 0 Å². The minimum Gasteiger partial charge on any atom is -0.337 e. The number of hydrogen-bond donors (Lipinski definition) is 3. The number of nitrogens with zero attached hydrogens (tertiary/aromatic N) is 2. The molecule has 9 heteroatoms. The van der Waals surface area contributed by atoms with Crippen molar-refractivity contribution in [1.29, 1.82) is 0 Å². The monoisotopic (exact) mass is 437 g/mol. The summed E-state index contributed by atoms with van der Waals surface area (Å²) in [7, 11) is -3.06. The number of para-hydroxylation sites is 2. The number of rotatable bonds is 6. The van der Waals surface area contributed by atoms with Gasteiger partial charge in [-0.25, -0.2) is 23.5 Å². The molecule has 2 unspecified atom stereocenters. The maximum absolute atomic E-state index is 12.8. The average molecular weight is 438 g/mol. The number of fused-ring (bicyclic) bond motifs is 1. The zero-order valence-corrected chi connectivity index (χ0v) is 17.7. The van der Waals surface area contributed by atoms with Gasteiger partial charge in [-0.15, -0.1) is 0 Å². The van der Waals surface area contributed by atoms with E-state index in [1.807, 2.05) is 55.5 Å². The molecule has 0 aliphatic rings. The number of nitrogens with one attached hydrogen (secondary N) is 2. The van der Waals surface area contributed by atoms with Gasteiger partial charge in [-0.1, -0.05) is 29.8 Å². The predicted molar refractivity (Wildman–Crippen MR) is 121 cm³/mol. The largest absolute Gasteiger partial charge is 0.337 e. The first-order valence-corrected chi connectivity index (χ1v) is 11.4. The highest BCUT2D eigenvalue weighted by Crippen LogP contribution is 2.26. The summed E-state index contributed by atoms with van der Waals surface area (Å²) >= 11 is 0. The number of hydrogen-bond acceptors (Lipinski definition) is 5. The Morgan fingerprint density at radius 1 is 0.767 bits per heavy atom. The van der Waals surface area contributed by atoms with Crippen LogP contribution < -0.4 is 15.2 Å². The summed E-state index contributed by atoms with van der Waals surface area (Å²) < 4.78 is 27.2. The minimum absolute atomic E-state index is 0.360. The average Bonchev–Trinajstić information content (AvgIpc) is 2.75. The summed E-state index contributed by atoms with van der Waals surface area (Å²) in [6.07, 6.45) is 0. The van der Waals surface area contributed by atoms with Gasteiger partial charge in [-0.3, -0.25) is 4.72 Å². The van der Waals surface area contributed by atoms with E-state index in [0.717, 1.165) is 5.56 Å². The number of nitrogens with two attached hydrogens (primary N) is 1. The molecule has 7 nitrogen and oxygen atoms in total. The van der Waals surface area contributed by atoms with E-state index in [-0.39, 0.29) is 0 Å². The highest BCUT2D eigenvalue weighted by molar-refractivity contribution is 7.86. The highest BCUT2D eigenvalue weighted by Gasteiger charge is 2.13. The topological polar surface area (TPSA) is 110 Å². The molecule has 0 amide bonds. The molecule has 0 saturated carbocycles. The van der Waals surface area contributed by atoms with Crippen LogP contribution in [0.25, 0.3) is 11.0 Å². The highest BCUT2D eigenvalue weighted by atomic mass is 32.2. The van der Waals surface area contributed by atoms with E-state index in [9.17, 15) is 8.42 Å². The summed E-state index contributed by atoms with van der Waals surface area (Å²) in [6, 6.07) is 21.7. The molecule has 0 aliphatic carbocycles. The number of aromatic nitrogens is 2. The van der Waals surface area contributed by atoms with E-state index in [4.69, 9.17) is 5.14 Å². The first-order chi connectivity index (χ1) is 14.5. The zero-order chi connectivity index (χ0) is 21.1. The molecule has 0 bridgehead atoms. The van der Waals surface area contributed by atoms with Crippen molar-refractivity contribution < 1.29 is 8.42 Å². The van der Waals surface area contributed by atoms with Crippen LogP contribution in [0.4, 0.5) is 17.3 Å². The zero-order valence-electron chi connectivity index (χ0n) is 16.0. The van der Waals surface area contributed by atoms with Crippen LogP contribution in [0.2, 0.25) is 0 Å². The molecular formula is C21H19N5O2S2. The van der Waals surface area contributed by atoms with Crippen molar-refractivity contribution in [3.8, 4) is 0 Å². The Morgan fingerprint density at radius 2 is 1.33 bits per heavy atom. The lowest BCUT2D eigenvalue weighted by Gasteiger charge is -2.13. The van der Waals surface area contributed by atoms with Crippen molar-refractivity contribution >= 4 is 50.3 Å². The lowest BCUT2D eigenvalue weighted by Crippen LogP contribution is -2.10. The third-order valence-electron chi connectivity index (χ3n) is 4.34. The Bertz CT molecular complexity index is 1240. The fourth-order valence-electron chi connectivity index (χ4n) is 2.78. The third-order valence-corrected chi connectivity index (χ3v) is 6.16. The molecule has 4 aromatic rings. The summed E-state index contributed by atoms with van der Waals surface area (Å²) in [5.41, 5.74) is 3.18. The van der Waals surface area contributed by atoms with Crippen molar-refractivity contribution in [1.82, 2.24) is 9.97 Å². The van der Waals surface area contributed by atoms with Gasteiger partial charge in [0.05, 0.1) is 20.8 Å². The van der Waals surface area contributed by atoms with Crippen LogP contribution >= 0.6 is 0 Å². The SMILES string of the molecule is Cc1ccc(S(=O)Nc2nc3ccccc3nc2Nc2ccc(S(N)=O)cc2)cc1. The Labute approximate surface area is 178 Å². The van der Waals surface area contributed by atoms with E-state index in [1.165, 1.54) is 0 Å². The van der Waals surface area contributed by atoms with Gasteiger partial charge in [-0.2, -0.15) is 0 Å². The Kier molecular flexibility index (Phi) is 5.84. The van der Waals surface area contributed by atoms with E-state index < -0.39 is 22.0 Å². The van der Waals surface area contributed by atoms with Gasteiger partial charge in [0.25, 0.3) is 0 Å². The number of aryl methyl sites for hydroxylation is 1. The van der Waals surface area contributed by atoms with Crippen molar-refractivity contribution in [2.24, 2.45) is 5.14 Å². The Morgan fingerprint density at radius 3 is 1.93 bits per heavy atom. The first kappa shape index (κ1) is 20.1. The van der Waals surface area contributed by atoms with Crippen LogP contribution in [0.1, 0.15) is 5.56 Å². The minimum atomic E-state index is -1.55. The third kappa shape index (κ3) is 4.54. The van der Waals surface area contributed by atoms with Crippen molar-refractivity contribution in [3.63, 3.8) is 0 Å². The molecule has 2 atom stereocenters. The van der Waals surface area contributed by atoms with Crippen LogP contribution in [0.3, 0.4) is 0 Å². The molecule has 0 fully saturated rings. The first-order valence-electron chi connectivity index (χ1n) is 9.05. The summed E-state index contributed by atoms with van der Waals surface area (Å²) in [5, 5.41) is 8.59. The second-order valence-electron chi connectivity index (χ2n) is 6.54. The smallest absolute Gasteiger partial charge is 0.182 e. The van der Waals surface area contributed by atoms with Crippen molar-refractivity contribution in [3.05, 3.63) is 78.4 Å². The normalized spacial score (nSPS) is 13.0. The Balaban J connectivity index is 1.69. The molecule has 30 heavy (non-hydrogen) atoms. The predicted octanol–water partition coefficient (Wildman–Crippen LogP) is 3.80. The van der Waals surface area contributed by atoms with Gasteiger partial charge >= 0.3 is 0 Å². The fourth-order valence-corrected chi connectivity index (χ4v) is 4.00. The maximum atomic E-state index is 12.8. The van der Waals surface area contributed by atoms with Crippen LogP contribution in [-0.2, 0) is 22.0 Å². The molecule has 3 aromatic carbocycles. The lowest BCUT2D eigenvalue weighted by atomic mass is 10.2. The van der Waals surface area contributed by atoms with E-state index in [2.05, 4.69) is 20.0 Å². The molecule has 0 aliphatic heterocycles. The van der Waals surface area contributed by atoms with E-state index in [0.29, 0.717) is 38.1 Å². The molecular weight excluding hydrogens is 418 g/mol. The quantitative estimate of drug-likeness (QED) is 0.425. The van der Waals surface area contributed by atoms with Crippen LogP contribution in [-0.4, -0.2) is 18.4 Å². The van der Waals surface area contributed by atoms with Gasteiger partial charge in [-0.05, 0) is 55.5 Å². The molecule has 0 saturated heterocycles. The second-order valence-corrected chi connectivity index (χ2v) is 8.82. The van der Waals surface area contributed by atoms with E-state index >= 15 is 0 Å². The van der Waals surface area contributed by atoms with Gasteiger partial charge in [0, 0.05) is 5.69 Å². The maximum Gasteiger partial charge on any atom is 0.182 e. The second kappa shape index (κ2) is 8.70. The number of benzene rings is 3. The molecule has 4 N–H and O–H groups in total. The molecule has 152 valence electrons. The van der Waals surface area contributed by atoms with Crippen LogP contribution in [0.15, 0.2) is 82.6 Å². The van der Waals surface area contributed by atoms with E-state index in [1.54, 1.807) is 24.3 Å². The van der Waals surface area contributed by atoms with Gasteiger partial charge in [0.15, 0.2) is 22.6 Å². The molecule has 4 rings (SSSR count). The molecule has 1 aromatic heterocycles. The van der Waals surface area contributed by atoms with Gasteiger partial charge in [0.2, 0.25) is 0 Å². The van der Waals surface area contributed by atoms with Gasteiger partial charge in [0.1, 0.15) is 11.0 Å². The van der Waals surface area contributed by atoms with Crippen molar-refractivity contribution in [2.45, 2.75) is 16.7 Å². The molecule has 0 radical (unpaired) electrons. The summed E-state index contributed by atoms with van der Waals surface area (Å²) in [5.74, 6) is 0.787. The van der Waals surface area contributed by atoms with Crippen LogP contribution in [0, 0.1) is 6.92 Å². The standard InChI is InChI=1S/C21H19N5O2S2/c1-14-6-10-17(11-7-14)30(28)26-21-20(24-18-4-2-3-5-19(18)25-21)23-15-8-12-16(13-9-15)29(22)27/h2-13H,22H2,1H3,(H,23,24)(H,25,26).